The van der Waals surface area contributed by atoms with Crippen molar-refractivity contribution in [2.24, 2.45) is 0 Å². The highest BCUT2D eigenvalue weighted by Crippen LogP contribution is 2.33. The molecule has 4 rings (SSSR count). The smallest absolute Gasteiger partial charge is 0.234 e. The molecule has 0 bridgehead atoms. The minimum atomic E-state index is -3.72. The van der Waals surface area contributed by atoms with E-state index in [1.54, 1.807) is 42.7 Å². The number of aromatic nitrogens is 1. The first kappa shape index (κ1) is 20.1. The fraction of sp³-hybridized carbons (Fsp3) is 0.263. The van der Waals surface area contributed by atoms with Crippen LogP contribution in [-0.2, 0) is 14.6 Å². The van der Waals surface area contributed by atoms with Crippen molar-refractivity contribution in [3.05, 3.63) is 53.8 Å². The molecule has 3 heterocycles. The Kier molecular flexibility index (Phi) is 5.73. The number of amides is 1. The van der Waals surface area contributed by atoms with E-state index in [1.165, 1.54) is 11.3 Å². The number of halogens is 1. The molecule has 1 unspecified atom stereocenters. The van der Waals surface area contributed by atoms with Crippen LogP contribution >= 0.6 is 22.9 Å². The Morgan fingerprint density at radius 1 is 1.24 bits per heavy atom. The molecule has 1 aromatic carbocycles. The van der Waals surface area contributed by atoms with Crippen LogP contribution in [0.4, 0.5) is 5.69 Å². The second kappa shape index (κ2) is 8.27. The molecule has 7 nitrogen and oxygen atoms in total. The highest BCUT2D eigenvalue weighted by molar-refractivity contribution is 7.94. The van der Waals surface area contributed by atoms with Crippen molar-refractivity contribution in [1.82, 2.24) is 15.2 Å². The Morgan fingerprint density at radius 2 is 2.03 bits per heavy atom. The van der Waals surface area contributed by atoms with E-state index in [9.17, 15) is 13.2 Å². The Bertz CT molecular complexity index is 1130. The monoisotopic (exact) mass is 450 g/mol. The van der Waals surface area contributed by atoms with Crippen LogP contribution in [0.2, 0.25) is 5.02 Å². The number of benzene rings is 1. The summed E-state index contributed by atoms with van der Waals surface area (Å²) in [5.41, 5.74) is 0.652. The van der Waals surface area contributed by atoms with Gasteiger partial charge in [0.05, 0.1) is 6.54 Å². The molecule has 2 N–H and O–H groups in total. The summed E-state index contributed by atoms with van der Waals surface area (Å²) in [6.45, 7) is 1.46. The molecule has 0 aliphatic carbocycles. The SMILES string of the molecule is O=C1CN(CC(Nc2ccncc2)S(=O)(=O)c2cc3ccc(Cl)cc3s2)CCN1. The highest BCUT2D eigenvalue weighted by Gasteiger charge is 2.32. The van der Waals surface area contributed by atoms with Gasteiger partial charge in [0, 0.05) is 47.4 Å². The van der Waals surface area contributed by atoms with Gasteiger partial charge >= 0.3 is 0 Å². The van der Waals surface area contributed by atoms with Gasteiger partial charge in [-0.15, -0.1) is 11.3 Å². The number of anilines is 1. The van der Waals surface area contributed by atoms with Crippen LogP contribution in [0.3, 0.4) is 0 Å². The zero-order valence-corrected chi connectivity index (χ0v) is 17.7. The molecule has 1 amide bonds. The molecule has 10 heteroatoms. The molecular weight excluding hydrogens is 432 g/mol. The van der Waals surface area contributed by atoms with Gasteiger partial charge < -0.3 is 10.6 Å². The minimum absolute atomic E-state index is 0.104. The molecule has 0 saturated carbocycles. The largest absolute Gasteiger partial charge is 0.368 e. The predicted octanol–water partition coefficient (Wildman–Crippen LogP) is 2.59. The maximum Gasteiger partial charge on any atom is 0.234 e. The van der Waals surface area contributed by atoms with E-state index in [2.05, 4.69) is 15.6 Å². The van der Waals surface area contributed by atoms with Crippen LogP contribution in [0.15, 0.2) is 53.0 Å². The molecular formula is C19H19ClN4O3S2. The van der Waals surface area contributed by atoms with Gasteiger partial charge in [-0.3, -0.25) is 14.7 Å². The van der Waals surface area contributed by atoms with Crippen molar-refractivity contribution in [3.8, 4) is 0 Å². The van der Waals surface area contributed by atoms with Crippen molar-refractivity contribution in [2.75, 3.05) is 31.5 Å². The quantitative estimate of drug-likeness (QED) is 0.599. The van der Waals surface area contributed by atoms with Crippen LogP contribution in [-0.4, -0.2) is 55.8 Å². The molecule has 1 fully saturated rings. The Labute approximate surface area is 177 Å². The maximum absolute atomic E-state index is 13.5. The summed E-state index contributed by atoms with van der Waals surface area (Å²) in [5.74, 6) is -0.104. The zero-order chi connectivity index (χ0) is 20.4. The van der Waals surface area contributed by atoms with E-state index in [1.807, 2.05) is 11.0 Å². The normalized spacial score (nSPS) is 16.5. The number of rotatable bonds is 6. The summed E-state index contributed by atoms with van der Waals surface area (Å²) in [7, 11) is -3.72. The first-order valence-corrected chi connectivity index (χ1v) is 11.7. The molecule has 1 saturated heterocycles. The van der Waals surface area contributed by atoms with Crippen molar-refractivity contribution in [2.45, 2.75) is 9.58 Å². The number of thiophene rings is 1. The van der Waals surface area contributed by atoms with E-state index >= 15 is 0 Å². The molecule has 0 spiro atoms. The van der Waals surface area contributed by atoms with Crippen molar-refractivity contribution in [3.63, 3.8) is 0 Å². The van der Waals surface area contributed by atoms with Gasteiger partial charge in [-0.1, -0.05) is 17.7 Å². The number of carbonyl (C=O) groups is 1. The van der Waals surface area contributed by atoms with Gasteiger partial charge in [0.25, 0.3) is 0 Å². The average molecular weight is 451 g/mol. The molecule has 0 radical (unpaired) electrons. The Balaban J connectivity index is 1.68. The lowest BCUT2D eigenvalue weighted by Gasteiger charge is -2.30. The summed E-state index contributed by atoms with van der Waals surface area (Å²) in [6, 6.07) is 10.4. The zero-order valence-electron chi connectivity index (χ0n) is 15.3. The number of hydrogen-bond donors (Lipinski definition) is 2. The lowest BCUT2D eigenvalue weighted by molar-refractivity contribution is -0.124. The van der Waals surface area contributed by atoms with Crippen LogP contribution < -0.4 is 10.6 Å². The topological polar surface area (TPSA) is 91.4 Å². The van der Waals surface area contributed by atoms with Gasteiger partial charge in [-0.05, 0) is 35.7 Å². The Morgan fingerprint density at radius 3 is 2.79 bits per heavy atom. The number of hydrogen-bond acceptors (Lipinski definition) is 7. The van der Waals surface area contributed by atoms with Gasteiger partial charge in [-0.2, -0.15) is 0 Å². The Hall–Kier alpha value is -2.20. The first-order valence-electron chi connectivity index (χ1n) is 9.00. The van der Waals surface area contributed by atoms with E-state index in [0.717, 1.165) is 10.1 Å². The number of sulfone groups is 1. The number of nitrogens with one attached hydrogen (secondary N) is 2. The fourth-order valence-corrected chi connectivity index (χ4v) is 6.62. The standard InChI is InChI=1S/C19H19ClN4O3S2/c20-14-2-1-13-9-19(28-16(13)10-14)29(26,27)18(23-15-3-5-21-6-4-15)12-24-8-7-22-17(25)11-24/h1-6,9-10,18H,7-8,11-12H2,(H,21,23)(H,22,25). The van der Waals surface area contributed by atoms with Crippen LogP contribution in [0.1, 0.15) is 0 Å². The number of fused-ring (bicyclic) bond motifs is 1. The highest BCUT2D eigenvalue weighted by atomic mass is 35.5. The average Bonchev–Trinajstić information content (AvgIpc) is 3.12. The molecule has 1 aliphatic heterocycles. The first-order chi connectivity index (χ1) is 13.9. The van der Waals surface area contributed by atoms with Crippen molar-refractivity contribution in [1.29, 1.82) is 0 Å². The summed E-state index contributed by atoms with van der Waals surface area (Å²) < 4.78 is 28.1. The van der Waals surface area contributed by atoms with Crippen LogP contribution in [0.25, 0.3) is 10.1 Å². The summed E-state index contributed by atoms with van der Waals surface area (Å²) >= 11 is 7.25. The van der Waals surface area contributed by atoms with Gasteiger partial charge in [0.2, 0.25) is 15.7 Å². The number of pyridine rings is 1. The third-order valence-electron chi connectivity index (χ3n) is 4.66. The third kappa shape index (κ3) is 4.53. The maximum atomic E-state index is 13.5. The molecule has 29 heavy (non-hydrogen) atoms. The van der Waals surface area contributed by atoms with Crippen molar-refractivity contribution >= 4 is 54.5 Å². The van der Waals surface area contributed by atoms with Crippen LogP contribution in [0, 0.1) is 0 Å². The minimum Gasteiger partial charge on any atom is -0.368 e. The lowest BCUT2D eigenvalue weighted by atomic mass is 10.3. The van der Waals surface area contributed by atoms with Gasteiger partial charge in [0.15, 0.2) is 0 Å². The van der Waals surface area contributed by atoms with Gasteiger partial charge in [-0.25, -0.2) is 8.42 Å². The molecule has 2 aromatic heterocycles. The van der Waals surface area contributed by atoms with Crippen LogP contribution in [0.5, 0.6) is 0 Å². The van der Waals surface area contributed by atoms with E-state index in [0.29, 0.717) is 23.8 Å². The second-order valence-corrected chi connectivity index (χ2v) is 10.6. The van der Waals surface area contributed by atoms with Gasteiger partial charge in [0.1, 0.15) is 9.58 Å². The molecule has 1 atom stereocenters. The summed E-state index contributed by atoms with van der Waals surface area (Å²) in [6.07, 6.45) is 3.20. The molecule has 3 aromatic rings. The van der Waals surface area contributed by atoms with E-state index in [4.69, 9.17) is 11.6 Å². The fourth-order valence-electron chi connectivity index (χ4n) is 3.20. The number of nitrogens with zero attached hydrogens (tertiary/aromatic N) is 2. The summed E-state index contributed by atoms with van der Waals surface area (Å²) in [5, 5.41) is 6.35. The van der Waals surface area contributed by atoms with Crippen molar-refractivity contribution < 1.29 is 13.2 Å². The number of carbonyl (C=O) groups excluding carboxylic acids is 1. The molecule has 152 valence electrons. The third-order valence-corrected chi connectivity index (χ3v) is 8.43. The lowest BCUT2D eigenvalue weighted by Crippen LogP contribution is -2.52. The van der Waals surface area contributed by atoms with E-state index < -0.39 is 15.2 Å². The second-order valence-electron chi connectivity index (χ2n) is 6.75. The molecule has 1 aliphatic rings. The predicted molar refractivity (Wildman–Crippen MR) is 115 cm³/mol. The summed E-state index contributed by atoms with van der Waals surface area (Å²) in [4.78, 5) is 17.6. The van der Waals surface area contributed by atoms with E-state index in [-0.39, 0.29) is 23.2 Å². The number of piperazine rings is 1.